The summed E-state index contributed by atoms with van der Waals surface area (Å²) in [5, 5.41) is -0.732. The lowest BCUT2D eigenvalue weighted by molar-refractivity contribution is 0.238. The van der Waals surface area contributed by atoms with E-state index in [2.05, 4.69) is 0 Å². The lowest BCUT2D eigenvalue weighted by atomic mass is 10.1. The van der Waals surface area contributed by atoms with Gasteiger partial charge in [-0.15, -0.1) is 46.4 Å². The molecule has 0 bridgehead atoms. The molecule has 0 rings (SSSR count). The average Bonchev–Trinajstić information content (AvgIpc) is 2.25. The van der Waals surface area contributed by atoms with E-state index < -0.39 is 13.8 Å². The number of hydrogen-bond donors (Lipinski definition) is 2. The van der Waals surface area contributed by atoms with Crippen molar-refractivity contribution in [3.05, 3.63) is 0 Å². The smallest absolute Gasteiger partial charge is 0.312 e. The molecule has 9 heteroatoms. The molecule has 4 nitrogen and oxygen atoms in total. The van der Waals surface area contributed by atoms with Gasteiger partial charge in [0, 0.05) is 28.6 Å². The van der Waals surface area contributed by atoms with Crippen molar-refractivity contribution in [2.75, 3.05) is 18.8 Å². The topological polar surface area (TPSA) is 60.8 Å². The molecule has 0 aromatic rings. The summed E-state index contributed by atoms with van der Waals surface area (Å²) >= 11 is 23.0. The fourth-order valence-corrected chi connectivity index (χ4v) is 2.61. The predicted molar refractivity (Wildman–Crippen MR) is 73.6 cm³/mol. The van der Waals surface area contributed by atoms with E-state index in [1.54, 1.807) is 0 Å². The Morgan fingerprint density at radius 3 is 1.71 bits per heavy atom. The maximum atomic E-state index is 11.2. The highest BCUT2D eigenvalue weighted by molar-refractivity contribution is 7.49. The molecule has 0 aliphatic heterocycles. The van der Waals surface area contributed by atoms with Crippen LogP contribution in [0.1, 0.15) is 12.8 Å². The minimum atomic E-state index is -4.32. The Hall–Kier alpha value is 1.27. The molecule has 0 aromatic carbocycles. The van der Waals surface area contributed by atoms with Crippen LogP contribution in [-0.2, 0) is 4.57 Å². The largest absolute Gasteiger partial charge is 0.402 e. The summed E-state index contributed by atoms with van der Waals surface area (Å²) in [6.45, 7) is 0. The molecule has 0 aliphatic rings. The van der Waals surface area contributed by atoms with Crippen molar-refractivity contribution >= 4 is 54.2 Å². The van der Waals surface area contributed by atoms with E-state index in [9.17, 15) is 4.57 Å². The Morgan fingerprint density at radius 1 is 1.12 bits per heavy atom. The number of rotatable bonds is 8. The molecule has 2 N–H and O–H groups in total. The van der Waals surface area contributed by atoms with Gasteiger partial charge in [-0.2, -0.15) is 0 Å². The van der Waals surface area contributed by atoms with Gasteiger partial charge in [0.1, 0.15) is 0 Å². The summed E-state index contributed by atoms with van der Waals surface area (Å²) < 4.78 is 12.1. The van der Waals surface area contributed by atoms with Gasteiger partial charge < -0.3 is 9.79 Å². The van der Waals surface area contributed by atoms with Gasteiger partial charge in [-0.3, -0.25) is 0 Å². The highest BCUT2D eigenvalue weighted by atomic mass is 35.5. The van der Waals surface area contributed by atoms with Crippen LogP contribution in [0.4, 0.5) is 0 Å². The maximum absolute atomic E-state index is 11.2. The third kappa shape index (κ3) is 7.44. The van der Waals surface area contributed by atoms with Crippen molar-refractivity contribution in [2.24, 2.45) is 0 Å². The molecule has 0 aromatic heterocycles. The molecular weight excluding hydrogens is 331 g/mol. The Bertz CT molecular complexity index is 253. The molecule has 2 atom stereocenters. The molecule has 0 fully saturated rings. The number of alkyl halides is 4. The second-order valence-electron chi connectivity index (χ2n) is 3.72. The second kappa shape index (κ2) is 8.44. The summed E-state index contributed by atoms with van der Waals surface area (Å²) in [7, 11) is -2.98. The molecule has 0 aliphatic carbocycles. The molecule has 0 heterocycles. The molecule has 104 valence electrons. The Labute approximate surface area is 121 Å². The predicted octanol–water partition coefficient (Wildman–Crippen LogP) is 2.85. The van der Waals surface area contributed by atoms with Crippen LogP contribution in [0.15, 0.2) is 0 Å². The van der Waals surface area contributed by atoms with Gasteiger partial charge in [-0.05, 0) is 19.9 Å². The number of hydrogen-bond acceptors (Lipinski definition) is 1. The SMILES string of the molecule is CN(C(CC(Cl)CCl)CC(Cl)CCl)P(=O)(O)O. The fraction of sp³-hybridized carbons (Fsp3) is 1.00. The second-order valence-corrected chi connectivity index (χ2v) is 7.22. The normalized spacial score (nSPS) is 18.1. The monoisotopic (exact) mass is 345 g/mol. The van der Waals surface area contributed by atoms with E-state index in [-0.39, 0.29) is 22.5 Å². The van der Waals surface area contributed by atoms with Crippen LogP contribution in [0.3, 0.4) is 0 Å². The van der Waals surface area contributed by atoms with Gasteiger partial charge in [-0.25, -0.2) is 9.24 Å². The van der Waals surface area contributed by atoms with Crippen LogP contribution < -0.4 is 0 Å². The summed E-state index contributed by atoms with van der Waals surface area (Å²) in [5.74, 6) is 0.418. The molecule has 0 saturated heterocycles. The summed E-state index contributed by atoms with van der Waals surface area (Å²) in [6, 6.07) is -0.460. The van der Waals surface area contributed by atoms with Crippen LogP contribution in [0.5, 0.6) is 0 Å². The van der Waals surface area contributed by atoms with Crippen molar-refractivity contribution in [1.82, 2.24) is 4.67 Å². The summed E-state index contributed by atoms with van der Waals surface area (Å²) in [6.07, 6.45) is 0.680. The Morgan fingerprint density at radius 2 is 1.47 bits per heavy atom. The van der Waals surface area contributed by atoms with Crippen LogP contribution in [0.2, 0.25) is 0 Å². The molecule has 2 unspecified atom stereocenters. The van der Waals surface area contributed by atoms with Crippen molar-refractivity contribution in [3.63, 3.8) is 0 Å². The first-order chi connectivity index (χ1) is 7.72. The minimum absolute atomic E-state index is 0.209. The average molecular weight is 347 g/mol. The van der Waals surface area contributed by atoms with Crippen LogP contribution in [0.25, 0.3) is 0 Å². The summed E-state index contributed by atoms with van der Waals surface area (Å²) in [4.78, 5) is 18.2. The van der Waals surface area contributed by atoms with E-state index in [0.717, 1.165) is 4.67 Å². The zero-order valence-corrected chi connectivity index (χ0v) is 13.2. The van der Waals surface area contributed by atoms with Crippen molar-refractivity contribution in [3.8, 4) is 0 Å². The lowest BCUT2D eigenvalue weighted by Gasteiger charge is -2.30. The van der Waals surface area contributed by atoms with Gasteiger partial charge in [0.25, 0.3) is 0 Å². The highest BCUT2D eigenvalue weighted by Gasteiger charge is 2.31. The molecule has 17 heavy (non-hydrogen) atoms. The molecule has 0 spiro atoms. The van der Waals surface area contributed by atoms with E-state index in [1.807, 2.05) is 0 Å². The Balaban J connectivity index is 4.66. The zero-order valence-electron chi connectivity index (χ0n) is 9.27. The highest BCUT2D eigenvalue weighted by Crippen LogP contribution is 2.42. The lowest BCUT2D eigenvalue weighted by Crippen LogP contribution is -2.34. The van der Waals surface area contributed by atoms with Crippen molar-refractivity contribution in [1.29, 1.82) is 0 Å². The van der Waals surface area contributed by atoms with Gasteiger partial charge in [0.05, 0.1) is 0 Å². The zero-order chi connectivity index (χ0) is 13.6. The molecule has 0 radical (unpaired) electrons. The van der Waals surface area contributed by atoms with Crippen LogP contribution in [0, 0.1) is 0 Å². The fourth-order valence-electron chi connectivity index (χ4n) is 1.33. The first-order valence-electron chi connectivity index (χ1n) is 4.91. The van der Waals surface area contributed by atoms with Crippen LogP contribution >= 0.6 is 54.2 Å². The van der Waals surface area contributed by atoms with Gasteiger partial charge in [0.15, 0.2) is 0 Å². The van der Waals surface area contributed by atoms with E-state index in [1.165, 1.54) is 7.05 Å². The Kier molecular flexibility index (Phi) is 9.07. The van der Waals surface area contributed by atoms with E-state index in [0.29, 0.717) is 12.8 Å². The van der Waals surface area contributed by atoms with Crippen molar-refractivity contribution in [2.45, 2.75) is 29.6 Å². The number of halogens is 4. The van der Waals surface area contributed by atoms with Crippen LogP contribution in [-0.4, -0.2) is 50.1 Å². The van der Waals surface area contributed by atoms with E-state index in [4.69, 9.17) is 56.2 Å². The molecule has 0 amide bonds. The first-order valence-corrected chi connectivity index (χ1v) is 8.42. The molecular formula is C8H16Cl4NO3P. The third-order valence-corrected chi connectivity index (χ3v) is 5.20. The molecule has 0 saturated carbocycles. The first kappa shape index (κ1) is 18.3. The van der Waals surface area contributed by atoms with Crippen molar-refractivity contribution < 1.29 is 14.4 Å². The standard InChI is InChI=1S/C8H16Cl4NO3P/c1-13(17(14,15)16)8(2-6(11)4-9)3-7(12)5-10/h6-8H,2-5H2,1H3,(H2,14,15,16). The van der Waals surface area contributed by atoms with Gasteiger partial charge in [-0.1, -0.05) is 0 Å². The summed E-state index contributed by atoms with van der Waals surface area (Å²) in [5.41, 5.74) is 0. The van der Waals surface area contributed by atoms with Gasteiger partial charge >= 0.3 is 7.75 Å². The van der Waals surface area contributed by atoms with E-state index >= 15 is 0 Å². The number of nitrogens with zero attached hydrogens (tertiary/aromatic N) is 1. The third-order valence-electron chi connectivity index (χ3n) is 2.33. The quantitative estimate of drug-likeness (QED) is 0.524. The van der Waals surface area contributed by atoms with Gasteiger partial charge in [0.2, 0.25) is 0 Å². The minimum Gasteiger partial charge on any atom is -0.312 e. The maximum Gasteiger partial charge on any atom is 0.402 e.